The van der Waals surface area contributed by atoms with Crippen molar-refractivity contribution in [3.63, 3.8) is 0 Å². The summed E-state index contributed by atoms with van der Waals surface area (Å²) in [6.45, 7) is 0. The zero-order chi connectivity index (χ0) is 8.88. The highest BCUT2D eigenvalue weighted by atomic mass is 79.9. The zero-order valence-electron chi connectivity index (χ0n) is 6.37. The van der Waals surface area contributed by atoms with Gasteiger partial charge in [0.05, 0.1) is 10.7 Å². The Balaban J connectivity index is 2.30. The van der Waals surface area contributed by atoms with Crippen LogP contribution in [0.5, 0.6) is 0 Å². The van der Waals surface area contributed by atoms with Gasteiger partial charge in [0.25, 0.3) is 0 Å². The van der Waals surface area contributed by atoms with Gasteiger partial charge in [-0.2, -0.15) is 0 Å². The van der Waals surface area contributed by atoms with E-state index in [1.54, 1.807) is 0 Å². The smallest absolute Gasteiger partial charge is 0.307 e. The van der Waals surface area contributed by atoms with Crippen LogP contribution in [0.4, 0.5) is 0 Å². The second kappa shape index (κ2) is 2.55. The number of carbonyl (C=O) groups excluding carboxylic acids is 1. The maximum Gasteiger partial charge on any atom is 0.307 e. The van der Waals surface area contributed by atoms with E-state index in [4.69, 9.17) is 5.11 Å². The third-order valence-corrected chi connectivity index (χ3v) is 4.13. The molecular formula is C8H9BrO3. The minimum Gasteiger partial charge on any atom is -0.481 e. The summed E-state index contributed by atoms with van der Waals surface area (Å²) in [6, 6.07) is 0. The first-order valence-electron chi connectivity index (χ1n) is 4.03. The molecule has 0 aliphatic heterocycles. The monoisotopic (exact) mass is 232 g/mol. The minimum atomic E-state index is -0.808. The molecule has 0 aromatic rings. The van der Waals surface area contributed by atoms with Crippen LogP contribution < -0.4 is 0 Å². The summed E-state index contributed by atoms with van der Waals surface area (Å²) in [5.74, 6) is -1.30. The third-order valence-electron chi connectivity index (χ3n) is 3.00. The van der Waals surface area contributed by atoms with Crippen molar-refractivity contribution in [2.75, 3.05) is 0 Å². The molecule has 0 heterocycles. The molecule has 0 amide bonds. The van der Waals surface area contributed by atoms with Crippen LogP contribution in [0.15, 0.2) is 0 Å². The maximum absolute atomic E-state index is 11.4. The van der Waals surface area contributed by atoms with E-state index in [-0.39, 0.29) is 22.4 Å². The van der Waals surface area contributed by atoms with Crippen LogP contribution in [0.25, 0.3) is 0 Å². The summed E-state index contributed by atoms with van der Waals surface area (Å²) in [6.07, 6.45) is 1.64. The summed E-state index contributed by atoms with van der Waals surface area (Å²) < 4.78 is 0. The molecule has 2 rings (SSSR count). The molecule has 2 aliphatic carbocycles. The highest BCUT2D eigenvalue weighted by molar-refractivity contribution is 9.10. The van der Waals surface area contributed by atoms with E-state index in [9.17, 15) is 9.59 Å². The van der Waals surface area contributed by atoms with E-state index in [1.165, 1.54) is 0 Å². The Bertz CT molecular complexity index is 251. The molecule has 66 valence electrons. The Labute approximate surface area is 78.3 Å². The normalized spacial score (nSPS) is 45.2. The molecule has 2 aliphatic rings. The number of hydrogen-bond acceptors (Lipinski definition) is 2. The quantitative estimate of drug-likeness (QED) is 0.689. The molecule has 0 saturated heterocycles. The summed E-state index contributed by atoms with van der Waals surface area (Å²) in [4.78, 5) is 22.0. The molecule has 2 saturated carbocycles. The van der Waals surface area contributed by atoms with E-state index in [2.05, 4.69) is 15.9 Å². The molecule has 4 heteroatoms. The molecule has 0 spiro atoms. The topological polar surface area (TPSA) is 54.4 Å². The first-order valence-corrected chi connectivity index (χ1v) is 4.95. The number of hydrogen-bond donors (Lipinski definition) is 1. The Morgan fingerprint density at radius 2 is 2.17 bits per heavy atom. The van der Waals surface area contributed by atoms with Crippen molar-refractivity contribution in [3.05, 3.63) is 0 Å². The van der Waals surface area contributed by atoms with Gasteiger partial charge in [-0.05, 0) is 18.8 Å². The van der Waals surface area contributed by atoms with Crippen molar-refractivity contribution in [2.45, 2.75) is 17.7 Å². The van der Waals surface area contributed by atoms with Crippen molar-refractivity contribution in [3.8, 4) is 0 Å². The fourth-order valence-electron chi connectivity index (χ4n) is 2.45. The molecule has 0 aromatic carbocycles. The molecule has 1 N–H and O–H groups in total. The molecule has 12 heavy (non-hydrogen) atoms. The molecule has 2 bridgehead atoms. The lowest BCUT2D eigenvalue weighted by Crippen LogP contribution is -2.21. The third kappa shape index (κ3) is 0.873. The number of aliphatic carboxylic acids is 1. The summed E-state index contributed by atoms with van der Waals surface area (Å²) >= 11 is 3.26. The highest BCUT2D eigenvalue weighted by Gasteiger charge is 2.56. The fraction of sp³-hybridized carbons (Fsp3) is 0.750. The molecule has 4 atom stereocenters. The lowest BCUT2D eigenvalue weighted by molar-refractivity contribution is -0.144. The molecule has 3 nitrogen and oxygen atoms in total. The number of carboxylic acids is 1. The first-order chi connectivity index (χ1) is 5.63. The van der Waals surface area contributed by atoms with Crippen molar-refractivity contribution in [2.24, 2.45) is 17.8 Å². The van der Waals surface area contributed by atoms with Gasteiger partial charge in [0.15, 0.2) is 5.78 Å². The second-order valence-electron chi connectivity index (χ2n) is 3.52. The zero-order valence-corrected chi connectivity index (χ0v) is 7.95. The summed E-state index contributed by atoms with van der Waals surface area (Å²) in [5, 5.41) is 8.86. The van der Waals surface area contributed by atoms with E-state index in [1.807, 2.05) is 0 Å². The molecule has 2 fully saturated rings. The number of ketones is 1. The molecule has 0 unspecified atom stereocenters. The van der Waals surface area contributed by atoms with Crippen LogP contribution in [0.1, 0.15) is 12.8 Å². The number of carboxylic acid groups (broad SMARTS) is 1. The van der Waals surface area contributed by atoms with E-state index >= 15 is 0 Å². The number of fused-ring (bicyclic) bond motifs is 2. The fourth-order valence-corrected chi connectivity index (χ4v) is 3.38. The average molecular weight is 233 g/mol. The number of halogens is 1. The Kier molecular flexibility index (Phi) is 1.75. The van der Waals surface area contributed by atoms with E-state index < -0.39 is 11.9 Å². The van der Waals surface area contributed by atoms with Crippen LogP contribution in [0.3, 0.4) is 0 Å². The molecule has 0 aromatic heterocycles. The first kappa shape index (κ1) is 8.23. The van der Waals surface area contributed by atoms with Gasteiger partial charge < -0.3 is 5.11 Å². The second-order valence-corrected chi connectivity index (χ2v) is 4.50. The maximum atomic E-state index is 11.4. The van der Waals surface area contributed by atoms with Crippen molar-refractivity contribution in [1.29, 1.82) is 0 Å². The van der Waals surface area contributed by atoms with Gasteiger partial charge in [0.1, 0.15) is 0 Å². The van der Waals surface area contributed by atoms with Crippen LogP contribution in [0.2, 0.25) is 0 Å². The summed E-state index contributed by atoms with van der Waals surface area (Å²) in [7, 11) is 0. The number of alkyl halides is 1. The number of rotatable bonds is 1. The SMILES string of the molecule is O=C(O)[C@H]1[C@H]2CC[C@@H]1C(=O)[C@H]2Br. The van der Waals surface area contributed by atoms with E-state index in [0.717, 1.165) is 12.8 Å². The van der Waals surface area contributed by atoms with Gasteiger partial charge in [0, 0.05) is 5.92 Å². The van der Waals surface area contributed by atoms with Gasteiger partial charge in [-0.1, -0.05) is 15.9 Å². The lowest BCUT2D eigenvalue weighted by atomic mass is 9.98. The Morgan fingerprint density at radius 3 is 2.50 bits per heavy atom. The van der Waals surface area contributed by atoms with Gasteiger partial charge in [-0.15, -0.1) is 0 Å². The van der Waals surface area contributed by atoms with Crippen LogP contribution in [-0.2, 0) is 9.59 Å². The molecular weight excluding hydrogens is 224 g/mol. The van der Waals surface area contributed by atoms with Gasteiger partial charge in [-0.25, -0.2) is 0 Å². The van der Waals surface area contributed by atoms with Gasteiger partial charge in [-0.3, -0.25) is 9.59 Å². The van der Waals surface area contributed by atoms with Crippen molar-refractivity contribution < 1.29 is 14.7 Å². The minimum absolute atomic E-state index is 0.0417. The van der Waals surface area contributed by atoms with Crippen LogP contribution in [-0.4, -0.2) is 21.7 Å². The van der Waals surface area contributed by atoms with E-state index in [0.29, 0.717) is 0 Å². The van der Waals surface area contributed by atoms with Crippen LogP contribution in [0, 0.1) is 17.8 Å². The Hall–Kier alpha value is -0.380. The summed E-state index contributed by atoms with van der Waals surface area (Å²) in [5.41, 5.74) is 0. The largest absolute Gasteiger partial charge is 0.481 e. The van der Waals surface area contributed by atoms with Crippen LogP contribution >= 0.6 is 15.9 Å². The predicted octanol–water partition coefficient (Wildman–Crippen LogP) is 1.06. The lowest BCUT2D eigenvalue weighted by Gasteiger charge is -2.12. The van der Waals surface area contributed by atoms with Crippen molar-refractivity contribution >= 4 is 27.7 Å². The number of Topliss-reactive ketones (excluding diaryl/α,β-unsaturated/α-hetero) is 1. The Morgan fingerprint density at radius 1 is 1.50 bits per heavy atom. The van der Waals surface area contributed by atoms with Gasteiger partial charge in [0.2, 0.25) is 0 Å². The van der Waals surface area contributed by atoms with Crippen molar-refractivity contribution in [1.82, 2.24) is 0 Å². The average Bonchev–Trinajstić information content (AvgIpc) is 2.51. The number of carbonyl (C=O) groups is 2. The molecule has 0 radical (unpaired) electrons. The van der Waals surface area contributed by atoms with Gasteiger partial charge >= 0.3 is 5.97 Å². The predicted molar refractivity (Wildman–Crippen MR) is 45.1 cm³/mol. The highest BCUT2D eigenvalue weighted by Crippen LogP contribution is 2.49. The standard InChI is InChI=1S/C8H9BrO3/c9-6-3-1-2-4(7(6)10)5(3)8(11)12/h3-6H,1-2H2,(H,11,12)/t3-,4+,5+,6+/m1/s1.